The van der Waals surface area contributed by atoms with Gasteiger partial charge in [0.2, 0.25) is 5.95 Å². The van der Waals surface area contributed by atoms with Crippen molar-refractivity contribution in [2.24, 2.45) is 0 Å². The molecular formula is C60H39N5O. The summed E-state index contributed by atoms with van der Waals surface area (Å²) in [7, 11) is 0. The van der Waals surface area contributed by atoms with Gasteiger partial charge >= 0.3 is 0 Å². The van der Waals surface area contributed by atoms with Crippen LogP contribution in [0.1, 0.15) is 25.0 Å². The lowest BCUT2D eigenvalue weighted by Crippen LogP contribution is -2.14. The van der Waals surface area contributed by atoms with E-state index >= 15 is 0 Å². The van der Waals surface area contributed by atoms with E-state index in [4.69, 9.17) is 19.4 Å². The van der Waals surface area contributed by atoms with Gasteiger partial charge in [-0.05, 0) is 106 Å². The van der Waals surface area contributed by atoms with E-state index < -0.39 is 0 Å². The van der Waals surface area contributed by atoms with Crippen LogP contribution in [0.5, 0.6) is 0 Å². The van der Waals surface area contributed by atoms with E-state index in [1.165, 1.54) is 44.1 Å². The van der Waals surface area contributed by atoms with Gasteiger partial charge in [-0.1, -0.05) is 141 Å². The number of nitrogens with zero attached hydrogens (tertiary/aromatic N) is 5. The second kappa shape index (κ2) is 13.7. The summed E-state index contributed by atoms with van der Waals surface area (Å²) in [6.45, 7) is 4.69. The largest absolute Gasteiger partial charge is 0.456 e. The fraction of sp³-hybridized carbons (Fsp3) is 0.0500. The molecule has 66 heavy (non-hydrogen) atoms. The van der Waals surface area contributed by atoms with Crippen LogP contribution >= 0.6 is 0 Å². The van der Waals surface area contributed by atoms with Crippen molar-refractivity contribution in [1.29, 1.82) is 0 Å². The van der Waals surface area contributed by atoms with Gasteiger partial charge in [0.25, 0.3) is 0 Å². The summed E-state index contributed by atoms with van der Waals surface area (Å²) < 4.78 is 11.2. The van der Waals surface area contributed by atoms with Crippen LogP contribution in [0.3, 0.4) is 0 Å². The molecule has 0 unspecified atom stereocenters. The average molecular weight is 846 g/mol. The van der Waals surface area contributed by atoms with Crippen molar-refractivity contribution in [2.75, 3.05) is 0 Å². The minimum Gasteiger partial charge on any atom is -0.456 e. The maximum Gasteiger partial charge on any atom is 0.238 e. The minimum absolute atomic E-state index is 0.0871. The Labute approximate surface area is 379 Å². The topological polar surface area (TPSA) is 61.7 Å². The Hall–Kier alpha value is -8.61. The zero-order valence-corrected chi connectivity index (χ0v) is 36.2. The highest BCUT2D eigenvalue weighted by atomic mass is 16.3. The van der Waals surface area contributed by atoms with Crippen molar-refractivity contribution in [3.8, 4) is 56.7 Å². The molecule has 0 bridgehead atoms. The van der Waals surface area contributed by atoms with Gasteiger partial charge in [0.1, 0.15) is 11.2 Å². The number of aromatic nitrogens is 5. The van der Waals surface area contributed by atoms with Gasteiger partial charge in [0, 0.05) is 54.5 Å². The smallest absolute Gasteiger partial charge is 0.238 e. The Kier molecular flexibility index (Phi) is 7.64. The number of hydrogen-bond donors (Lipinski definition) is 0. The predicted octanol–water partition coefficient (Wildman–Crippen LogP) is 15.3. The predicted molar refractivity (Wildman–Crippen MR) is 270 cm³/mol. The highest BCUT2D eigenvalue weighted by Gasteiger charge is 2.36. The Balaban J connectivity index is 0.948. The zero-order chi connectivity index (χ0) is 43.7. The SMILES string of the molecule is CC1(C)c2ccccc2-c2cc3c(cc21)c1ccccc1n3-c1ccc(-c2nc(-c3ccc4c(c3)oc3cccc(-c5ccccc5)c34)nc(-n3c4ccccc4c4ccccc43)n2)cc1. The lowest BCUT2D eigenvalue weighted by Gasteiger charge is -2.21. The summed E-state index contributed by atoms with van der Waals surface area (Å²) in [5.41, 5.74) is 16.4. The highest BCUT2D eigenvalue weighted by Crippen LogP contribution is 2.51. The van der Waals surface area contributed by atoms with E-state index in [1.807, 2.05) is 12.1 Å². The van der Waals surface area contributed by atoms with E-state index in [0.29, 0.717) is 17.6 Å². The van der Waals surface area contributed by atoms with Crippen molar-refractivity contribution in [3.63, 3.8) is 0 Å². The molecule has 1 aliphatic rings. The van der Waals surface area contributed by atoms with Crippen LogP contribution in [0.4, 0.5) is 0 Å². The molecule has 0 saturated heterocycles. The molecule has 6 nitrogen and oxygen atoms in total. The van der Waals surface area contributed by atoms with Crippen molar-refractivity contribution >= 4 is 65.6 Å². The fourth-order valence-electron chi connectivity index (χ4n) is 10.9. The van der Waals surface area contributed by atoms with Gasteiger partial charge in [0.05, 0.1) is 22.1 Å². The summed E-state index contributed by atoms with van der Waals surface area (Å²) in [5.74, 6) is 1.69. The normalized spacial score (nSPS) is 13.1. The van der Waals surface area contributed by atoms with Crippen LogP contribution in [-0.2, 0) is 5.41 Å². The standard InChI is InChI=1S/C60H39N5O/c1-60(2)48-22-10-6-17-41(48)46-35-53-47(34-49(46)60)44-20-9-11-23-50(44)64(53)39-30-27-37(28-31-39)57-61-58(63-59(62-57)65-51-24-12-7-18-42(51)43-19-8-13-25-52(43)65)38-29-32-45-55(33-38)66-54-26-14-21-40(56(45)54)36-15-4-3-5-16-36/h3-35H,1-2H3. The average Bonchev–Trinajstić information content (AvgIpc) is 4.08. The van der Waals surface area contributed by atoms with Crippen molar-refractivity contribution < 1.29 is 4.42 Å². The van der Waals surface area contributed by atoms with E-state index in [0.717, 1.165) is 71.7 Å². The maximum absolute atomic E-state index is 6.59. The third-order valence-electron chi connectivity index (χ3n) is 14.0. The molecule has 4 heterocycles. The molecule has 0 atom stereocenters. The molecule has 0 aliphatic heterocycles. The Morgan fingerprint density at radius 3 is 1.73 bits per heavy atom. The van der Waals surface area contributed by atoms with Gasteiger partial charge in [-0.25, -0.2) is 4.98 Å². The summed E-state index contributed by atoms with van der Waals surface area (Å²) in [6.07, 6.45) is 0. The number of fused-ring (bicyclic) bond motifs is 12. The summed E-state index contributed by atoms with van der Waals surface area (Å²) >= 11 is 0. The van der Waals surface area contributed by atoms with Crippen LogP contribution in [0, 0.1) is 0 Å². The minimum atomic E-state index is -0.0871. The number of benzene rings is 9. The summed E-state index contributed by atoms with van der Waals surface area (Å²) in [6, 6.07) is 71.1. The van der Waals surface area contributed by atoms with Crippen molar-refractivity contribution in [1.82, 2.24) is 24.1 Å². The number of para-hydroxylation sites is 3. The maximum atomic E-state index is 6.59. The summed E-state index contributed by atoms with van der Waals surface area (Å²) in [5, 5.41) is 6.91. The van der Waals surface area contributed by atoms with Crippen molar-refractivity contribution in [2.45, 2.75) is 19.3 Å². The lowest BCUT2D eigenvalue weighted by molar-refractivity contribution is 0.661. The van der Waals surface area contributed by atoms with Crippen LogP contribution in [0.25, 0.3) is 122 Å². The van der Waals surface area contributed by atoms with E-state index in [1.54, 1.807) is 0 Å². The third kappa shape index (κ3) is 5.27. The molecule has 0 radical (unpaired) electrons. The van der Waals surface area contributed by atoms with E-state index in [-0.39, 0.29) is 5.41 Å². The number of hydrogen-bond acceptors (Lipinski definition) is 4. The Bertz CT molecular complexity index is 4080. The zero-order valence-electron chi connectivity index (χ0n) is 36.2. The third-order valence-corrected chi connectivity index (χ3v) is 14.0. The van der Waals surface area contributed by atoms with Crippen molar-refractivity contribution in [3.05, 3.63) is 211 Å². The molecule has 13 aromatic rings. The van der Waals surface area contributed by atoms with E-state index in [9.17, 15) is 0 Å². The quantitative estimate of drug-likeness (QED) is 0.173. The molecule has 0 N–H and O–H groups in total. The molecule has 6 heteroatoms. The van der Waals surface area contributed by atoms with Crippen LogP contribution in [-0.4, -0.2) is 24.1 Å². The van der Waals surface area contributed by atoms with Gasteiger partial charge in [-0.15, -0.1) is 0 Å². The second-order valence-corrected chi connectivity index (χ2v) is 18.0. The molecule has 0 fully saturated rings. The molecule has 310 valence electrons. The first-order chi connectivity index (χ1) is 32.5. The van der Waals surface area contributed by atoms with Crippen LogP contribution in [0.15, 0.2) is 205 Å². The van der Waals surface area contributed by atoms with Gasteiger partial charge < -0.3 is 8.98 Å². The first kappa shape index (κ1) is 36.8. The molecular weight excluding hydrogens is 807 g/mol. The summed E-state index contributed by atoms with van der Waals surface area (Å²) in [4.78, 5) is 15.8. The number of rotatable bonds is 5. The van der Waals surface area contributed by atoms with Gasteiger partial charge in [-0.3, -0.25) is 4.57 Å². The van der Waals surface area contributed by atoms with Crippen LogP contribution < -0.4 is 0 Å². The molecule has 4 aromatic heterocycles. The molecule has 9 aromatic carbocycles. The first-order valence-electron chi connectivity index (χ1n) is 22.5. The Morgan fingerprint density at radius 1 is 0.379 bits per heavy atom. The molecule has 0 amide bonds. The molecule has 0 spiro atoms. The second-order valence-electron chi connectivity index (χ2n) is 18.0. The van der Waals surface area contributed by atoms with Gasteiger partial charge in [0.15, 0.2) is 11.6 Å². The monoisotopic (exact) mass is 845 g/mol. The lowest BCUT2D eigenvalue weighted by atomic mass is 9.82. The van der Waals surface area contributed by atoms with Gasteiger partial charge in [-0.2, -0.15) is 9.97 Å². The van der Waals surface area contributed by atoms with E-state index in [2.05, 4.69) is 211 Å². The first-order valence-corrected chi connectivity index (χ1v) is 22.5. The molecule has 14 rings (SSSR count). The molecule has 0 saturated carbocycles. The molecule has 1 aliphatic carbocycles. The number of furan rings is 1. The highest BCUT2D eigenvalue weighted by molar-refractivity contribution is 6.14. The fourth-order valence-corrected chi connectivity index (χ4v) is 10.9. The Morgan fingerprint density at radius 2 is 0.985 bits per heavy atom. The van der Waals surface area contributed by atoms with Crippen LogP contribution in [0.2, 0.25) is 0 Å².